The Bertz CT molecular complexity index is 999. The van der Waals surface area contributed by atoms with Crippen LogP contribution in [-0.4, -0.2) is 32.0 Å². The molecule has 4 rings (SSSR count). The maximum Gasteiger partial charge on any atom is 0.250 e. The highest BCUT2D eigenvalue weighted by molar-refractivity contribution is 5.74. The maximum atomic E-state index is 12.3. The second-order valence-corrected chi connectivity index (χ2v) is 7.11. The predicted molar refractivity (Wildman–Crippen MR) is 102 cm³/mol. The molecule has 0 aliphatic carbocycles. The third kappa shape index (κ3) is 3.47. The molecule has 1 unspecified atom stereocenters. The van der Waals surface area contributed by atoms with Crippen molar-refractivity contribution in [1.82, 2.24) is 20.0 Å². The van der Waals surface area contributed by atoms with Crippen molar-refractivity contribution in [2.75, 3.05) is 0 Å². The zero-order valence-corrected chi connectivity index (χ0v) is 16.1. The minimum absolute atomic E-state index is 0.0236. The van der Waals surface area contributed by atoms with Crippen LogP contribution in [0.2, 0.25) is 0 Å². The van der Waals surface area contributed by atoms with Gasteiger partial charge in [0, 0.05) is 26.1 Å². The van der Waals surface area contributed by atoms with E-state index in [2.05, 4.69) is 21.2 Å². The highest BCUT2D eigenvalue weighted by Crippen LogP contribution is 2.34. The summed E-state index contributed by atoms with van der Waals surface area (Å²) in [6, 6.07) is 11.5. The highest BCUT2D eigenvalue weighted by Gasteiger charge is 2.33. The number of pyridine rings is 1. The summed E-state index contributed by atoms with van der Waals surface area (Å²) in [5, 5.41) is 4.14. The predicted octanol–water partition coefficient (Wildman–Crippen LogP) is 3.56. The molecule has 3 heterocycles. The number of carbonyl (C=O) groups excluding carboxylic acids is 1. The topological polar surface area (TPSA) is 81.4 Å². The van der Waals surface area contributed by atoms with Crippen LogP contribution in [-0.2, 0) is 17.8 Å². The van der Waals surface area contributed by atoms with E-state index in [0.29, 0.717) is 36.1 Å². The first-order chi connectivity index (χ1) is 13.5. The molecule has 28 heavy (non-hydrogen) atoms. The van der Waals surface area contributed by atoms with Crippen LogP contribution in [0, 0.1) is 0 Å². The lowest BCUT2D eigenvalue weighted by molar-refractivity contribution is -0.133. The number of aromatic nitrogens is 3. The van der Waals surface area contributed by atoms with Crippen molar-refractivity contribution in [3.05, 3.63) is 59.6 Å². The number of hydrogen-bond acceptors (Lipinski definition) is 6. The summed E-state index contributed by atoms with van der Waals surface area (Å²) in [6.07, 6.45) is 2.28. The standard InChI is InChI=1S/C21H22N4O3/c1-13(2)27-20-17(9-6-10-22-20)19-23-21(28-24-19)18-11-15-7-4-5-8-16(15)12-25(18)14(3)26/h4-10,13,18H,11-12H2,1-3H3. The Morgan fingerprint density at radius 2 is 2.00 bits per heavy atom. The van der Waals surface area contributed by atoms with Crippen LogP contribution in [0.15, 0.2) is 47.1 Å². The van der Waals surface area contributed by atoms with Gasteiger partial charge in [-0.1, -0.05) is 29.4 Å². The Morgan fingerprint density at radius 3 is 2.75 bits per heavy atom. The Balaban J connectivity index is 1.68. The van der Waals surface area contributed by atoms with E-state index in [9.17, 15) is 4.79 Å². The van der Waals surface area contributed by atoms with E-state index in [1.54, 1.807) is 24.1 Å². The first-order valence-corrected chi connectivity index (χ1v) is 9.32. The minimum atomic E-state index is -0.292. The first kappa shape index (κ1) is 18.2. The number of carbonyl (C=O) groups is 1. The molecule has 1 aliphatic rings. The van der Waals surface area contributed by atoms with Gasteiger partial charge in [-0.05, 0) is 37.1 Å². The lowest BCUT2D eigenvalue weighted by atomic mass is 9.94. The second-order valence-electron chi connectivity index (χ2n) is 7.11. The van der Waals surface area contributed by atoms with Crippen molar-refractivity contribution >= 4 is 5.91 Å². The van der Waals surface area contributed by atoms with Gasteiger partial charge >= 0.3 is 0 Å². The van der Waals surface area contributed by atoms with Gasteiger partial charge in [0.2, 0.25) is 23.5 Å². The van der Waals surface area contributed by atoms with E-state index in [4.69, 9.17) is 9.26 Å². The molecule has 3 aromatic rings. The smallest absolute Gasteiger partial charge is 0.250 e. The number of rotatable bonds is 4. The molecule has 1 aliphatic heterocycles. The molecule has 1 amide bonds. The van der Waals surface area contributed by atoms with Crippen LogP contribution < -0.4 is 4.74 Å². The van der Waals surface area contributed by atoms with Crippen LogP contribution in [0.4, 0.5) is 0 Å². The summed E-state index contributed by atoms with van der Waals surface area (Å²) < 4.78 is 11.3. The third-order valence-corrected chi connectivity index (χ3v) is 4.74. The number of amides is 1. The van der Waals surface area contributed by atoms with E-state index in [0.717, 1.165) is 5.56 Å². The average molecular weight is 378 g/mol. The molecule has 1 atom stereocenters. The fraction of sp³-hybridized carbons (Fsp3) is 0.333. The summed E-state index contributed by atoms with van der Waals surface area (Å²) in [6.45, 7) is 5.96. The van der Waals surface area contributed by atoms with Gasteiger partial charge in [-0.2, -0.15) is 4.98 Å². The van der Waals surface area contributed by atoms with Gasteiger partial charge in [0.1, 0.15) is 6.04 Å². The fourth-order valence-corrected chi connectivity index (χ4v) is 3.43. The molecule has 2 aromatic heterocycles. The quantitative estimate of drug-likeness (QED) is 0.690. The van der Waals surface area contributed by atoms with Crippen LogP contribution in [0.25, 0.3) is 11.4 Å². The Morgan fingerprint density at radius 1 is 1.21 bits per heavy atom. The van der Waals surface area contributed by atoms with Gasteiger partial charge in [0.25, 0.3) is 0 Å². The first-order valence-electron chi connectivity index (χ1n) is 9.32. The number of nitrogens with zero attached hydrogens (tertiary/aromatic N) is 4. The van der Waals surface area contributed by atoms with Gasteiger partial charge in [0.15, 0.2) is 0 Å². The third-order valence-electron chi connectivity index (χ3n) is 4.74. The molecule has 1 aromatic carbocycles. The zero-order chi connectivity index (χ0) is 19.7. The molecule has 0 N–H and O–H groups in total. The van der Waals surface area contributed by atoms with Crippen molar-refractivity contribution < 1.29 is 14.1 Å². The van der Waals surface area contributed by atoms with Crippen LogP contribution in [0.1, 0.15) is 43.8 Å². The van der Waals surface area contributed by atoms with Gasteiger partial charge in [-0.3, -0.25) is 4.79 Å². The Kier molecular flexibility index (Phi) is 4.81. The SMILES string of the molecule is CC(=O)N1Cc2ccccc2CC1c1nc(-c2cccnc2OC(C)C)no1. The number of hydrogen-bond donors (Lipinski definition) is 0. The Hall–Kier alpha value is -3.22. The molecule has 0 bridgehead atoms. The van der Waals surface area contributed by atoms with Crippen LogP contribution in [0.3, 0.4) is 0 Å². The number of benzene rings is 1. The normalized spacial score (nSPS) is 16.1. The monoisotopic (exact) mass is 378 g/mol. The second kappa shape index (κ2) is 7.42. The van der Waals surface area contributed by atoms with Gasteiger partial charge < -0.3 is 14.2 Å². The summed E-state index contributed by atoms with van der Waals surface area (Å²) >= 11 is 0. The van der Waals surface area contributed by atoms with Crippen molar-refractivity contribution in [3.63, 3.8) is 0 Å². The molecule has 144 valence electrons. The van der Waals surface area contributed by atoms with Crippen molar-refractivity contribution in [2.24, 2.45) is 0 Å². The largest absolute Gasteiger partial charge is 0.474 e. The van der Waals surface area contributed by atoms with E-state index < -0.39 is 0 Å². The van der Waals surface area contributed by atoms with E-state index in [1.807, 2.05) is 38.1 Å². The summed E-state index contributed by atoms with van der Waals surface area (Å²) in [5.74, 6) is 1.26. The zero-order valence-electron chi connectivity index (χ0n) is 16.1. The molecule has 7 nitrogen and oxygen atoms in total. The van der Waals surface area contributed by atoms with Gasteiger partial charge in [-0.15, -0.1) is 0 Å². The summed E-state index contributed by atoms with van der Waals surface area (Å²) in [4.78, 5) is 22.9. The maximum absolute atomic E-state index is 12.3. The van der Waals surface area contributed by atoms with E-state index >= 15 is 0 Å². The molecule has 0 saturated carbocycles. The van der Waals surface area contributed by atoms with Crippen molar-refractivity contribution in [2.45, 2.75) is 45.9 Å². The van der Waals surface area contributed by atoms with Gasteiger partial charge in [0.05, 0.1) is 11.7 Å². The lowest BCUT2D eigenvalue weighted by Gasteiger charge is -2.34. The number of fused-ring (bicyclic) bond motifs is 1. The fourth-order valence-electron chi connectivity index (χ4n) is 3.43. The van der Waals surface area contributed by atoms with Crippen LogP contribution >= 0.6 is 0 Å². The van der Waals surface area contributed by atoms with Crippen molar-refractivity contribution in [1.29, 1.82) is 0 Å². The molecule has 0 fully saturated rings. The van der Waals surface area contributed by atoms with Gasteiger partial charge in [-0.25, -0.2) is 4.98 Å². The average Bonchev–Trinajstić information content (AvgIpc) is 3.16. The number of ether oxygens (including phenoxy) is 1. The molecular formula is C21H22N4O3. The molecular weight excluding hydrogens is 356 g/mol. The lowest BCUT2D eigenvalue weighted by Crippen LogP contribution is -2.37. The summed E-state index contributed by atoms with van der Waals surface area (Å²) in [7, 11) is 0. The molecule has 7 heteroatoms. The molecule has 0 saturated heterocycles. The molecule has 0 spiro atoms. The van der Waals surface area contributed by atoms with Crippen LogP contribution in [0.5, 0.6) is 5.88 Å². The van der Waals surface area contributed by atoms with Crippen molar-refractivity contribution in [3.8, 4) is 17.3 Å². The van der Waals surface area contributed by atoms with E-state index in [1.165, 1.54) is 5.56 Å². The molecule has 0 radical (unpaired) electrons. The highest BCUT2D eigenvalue weighted by atomic mass is 16.5. The minimum Gasteiger partial charge on any atom is -0.474 e. The summed E-state index contributed by atoms with van der Waals surface area (Å²) in [5.41, 5.74) is 3.00. The Labute approximate surface area is 163 Å². The van der Waals surface area contributed by atoms with E-state index in [-0.39, 0.29) is 18.1 Å².